The maximum Gasteiger partial charge on any atom is 0.293 e. The Morgan fingerprint density at radius 3 is 2.42 bits per heavy atom. The van der Waals surface area contributed by atoms with Gasteiger partial charge in [-0.15, -0.1) is 0 Å². The number of hydrogen-bond donors (Lipinski definition) is 2. The van der Waals surface area contributed by atoms with Gasteiger partial charge in [-0.3, -0.25) is 9.59 Å². The van der Waals surface area contributed by atoms with E-state index in [1.807, 2.05) is 6.07 Å². The van der Waals surface area contributed by atoms with Crippen molar-refractivity contribution in [2.75, 3.05) is 24.4 Å². The number of furan rings is 1. The summed E-state index contributed by atoms with van der Waals surface area (Å²) in [6, 6.07) is 21.1. The normalized spacial score (nSPS) is 14.5. The number of nitrogens with one attached hydrogen (secondary N) is 2. The largest absolute Gasteiger partial charge is 0.497 e. The van der Waals surface area contributed by atoms with Crippen LogP contribution in [-0.2, 0) is 4.79 Å². The first-order valence-electron chi connectivity index (χ1n) is 10.3. The number of hydrogen-bond acceptors (Lipinski definition) is 6. The third kappa shape index (κ3) is 4.06. The van der Waals surface area contributed by atoms with Crippen molar-refractivity contribution in [3.63, 3.8) is 0 Å². The summed E-state index contributed by atoms with van der Waals surface area (Å²) in [5, 5.41) is 6.18. The molecule has 33 heavy (non-hydrogen) atoms. The molecule has 5 rings (SSSR count). The molecule has 0 unspecified atom stereocenters. The van der Waals surface area contributed by atoms with E-state index in [9.17, 15) is 9.59 Å². The van der Waals surface area contributed by atoms with Crippen LogP contribution in [0.15, 0.2) is 77.2 Å². The number of methoxy groups -OCH3 is 1. The van der Waals surface area contributed by atoms with Gasteiger partial charge in [-0.05, 0) is 48.5 Å². The second-order valence-corrected chi connectivity index (χ2v) is 7.34. The Balaban J connectivity index is 1.41. The number of carbonyl (C=O) groups is 2. The molecule has 0 aliphatic carbocycles. The zero-order valence-corrected chi connectivity index (χ0v) is 17.7. The van der Waals surface area contributed by atoms with E-state index in [0.717, 1.165) is 0 Å². The molecule has 1 aliphatic rings. The fraction of sp³-hybridized carbons (Fsp3) is 0.120. The molecule has 2 N–H and O–H groups in total. The number of anilines is 2. The third-order valence-corrected chi connectivity index (χ3v) is 5.20. The van der Waals surface area contributed by atoms with Crippen LogP contribution in [0.4, 0.5) is 11.4 Å². The third-order valence-electron chi connectivity index (χ3n) is 5.20. The van der Waals surface area contributed by atoms with Crippen LogP contribution < -0.4 is 24.8 Å². The average molecular weight is 444 g/mol. The number of amides is 2. The molecule has 3 aromatic carbocycles. The van der Waals surface area contributed by atoms with Gasteiger partial charge in [-0.25, -0.2) is 0 Å². The molecule has 166 valence electrons. The molecule has 0 bridgehead atoms. The molecule has 2 amide bonds. The highest BCUT2D eigenvalue weighted by Crippen LogP contribution is 2.34. The van der Waals surface area contributed by atoms with Gasteiger partial charge in [0.1, 0.15) is 23.6 Å². The van der Waals surface area contributed by atoms with Gasteiger partial charge in [0.05, 0.1) is 7.11 Å². The van der Waals surface area contributed by atoms with Crippen molar-refractivity contribution in [2.24, 2.45) is 0 Å². The lowest BCUT2D eigenvalue weighted by atomic mass is 10.2. The van der Waals surface area contributed by atoms with Crippen molar-refractivity contribution in [3.8, 4) is 17.2 Å². The Bertz CT molecular complexity index is 1330. The minimum Gasteiger partial charge on any atom is -0.497 e. The SMILES string of the molecule is COc1ccc(NC(=O)c2oc3ccccc3c2NC(=O)[C@H]2COc3ccccc3O2)cc1. The van der Waals surface area contributed by atoms with Gasteiger partial charge in [-0.1, -0.05) is 24.3 Å². The van der Waals surface area contributed by atoms with Crippen molar-refractivity contribution >= 4 is 34.2 Å². The second kappa shape index (κ2) is 8.58. The second-order valence-electron chi connectivity index (χ2n) is 7.34. The summed E-state index contributed by atoms with van der Waals surface area (Å²) in [5.41, 5.74) is 1.29. The first kappa shape index (κ1) is 20.4. The molecule has 2 heterocycles. The van der Waals surface area contributed by atoms with E-state index in [0.29, 0.717) is 33.9 Å². The van der Waals surface area contributed by atoms with E-state index in [-0.39, 0.29) is 18.1 Å². The Labute approximate surface area is 189 Å². The van der Waals surface area contributed by atoms with Crippen LogP contribution in [0.25, 0.3) is 11.0 Å². The van der Waals surface area contributed by atoms with E-state index in [4.69, 9.17) is 18.6 Å². The number of benzene rings is 3. The molecule has 0 saturated heterocycles. The van der Waals surface area contributed by atoms with E-state index in [1.54, 1.807) is 73.8 Å². The number of para-hydroxylation sites is 3. The van der Waals surface area contributed by atoms with Crippen molar-refractivity contribution in [3.05, 3.63) is 78.6 Å². The monoisotopic (exact) mass is 444 g/mol. The number of fused-ring (bicyclic) bond motifs is 2. The Kier molecular flexibility index (Phi) is 5.32. The Hall–Kier alpha value is -4.46. The van der Waals surface area contributed by atoms with Crippen LogP contribution in [-0.4, -0.2) is 31.6 Å². The van der Waals surface area contributed by atoms with Crippen molar-refractivity contribution in [1.29, 1.82) is 0 Å². The molecule has 1 atom stereocenters. The van der Waals surface area contributed by atoms with Crippen LogP contribution in [0, 0.1) is 0 Å². The summed E-state index contributed by atoms with van der Waals surface area (Å²) in [5.74, 6) is 0.763. The van der Waals surface area contributed by atoms with Gasteiger partial charge in [0, 0.05) is 11.1 Å². The molecule has 0 radical (unpaired) electrons. The highest BCUT2D eigenvalue weighted by atomic mass is 16.6. The lowest BCUT2D eigenvalue weighted by Crippen LogP contribution is -2.40. The smallest absolute Gasteiger partial charge is 0.293 e. The van der Waals surface area contributed by atoms with Crippen LogP contribution in [0.1, 0.15) is 10.6 Å². The molecule has 8 nitrogen and oxygen atoms in total. The predicted molar refractivity (Wildman–Crippen MR) is 122 cm³/mol. The van der Waals surface area contributed by atoms with E-state index in [1.165, 1.54) is 0 Å². The van der Waals surface area contributed by atoms with Gasteiger partial charge in [0.25, 0.3) is 11.8 Å². The van der Waals surface area contributed by atoms with Gasteiger partial charge >= 0.3 is 0 Å². The first-order valence-corrected chi connectivity index (χ1v) is 10.3. The fourth-order valence-electron chi connectivity index (χ4n) is 3.54. The summed E-state index contributed by atoms with van der Waals surface area (Å²) in [6.45, 7) is 0.0476. The molecule has 0 spiro atoms. The van der Waals surface area contributed by atoms with Crippen LogP contribution in [0.3, 0.4) is 0 Å². The summed E-state index contributed by atoms with van der Waals surface area (Å²) >= 11 is 0. The number of ether oxygens (including phenoxy) is 3. The molecular formula is C25H20N2O6. The topological polar surface area (TPSA) is 99.0 Å². The van der Waals surface area contributed by atoms with Gasteiger partial charge < -0.3 is 29.3 Å². The maximum atomic E-state index is 13.0. The Morgan fingerprint density at radius 1 is 0.909 bits per heavy atom. The first-order chi connectivity index (χ1) is 16.1. The lowest BCUT2D eigenvalue weighted by molar-refractivity contribution is -0.125. The summed E-state index contributed by atoms with van der Waals surface area (Å²) in [6.07, 6.45) is -0.883. The molecule has 1 aromatic heterocycles. The zero-order valence-electron chi connectivity index (χ0n) is 17.7. The van der Waals surface area contributed by atoms with Gasteiger partial charge in [0.2, 0.25) is 11.9 Å². The van der Waals surface area contributed by atoms with Gasteiger partial charge in [0.15, 0.2) is 11.5 Å². The minimum absolute atomic E-state index is 0.0162. The Morgan fingerprint density at radius 2 is 1.64 bits per heavy atom. The predicted octanol–water partition coefficient (Wildman–Crippen LogP) is 4.47. The molecule has 0 fully saturated rings. The quantitative estimate of drug-likeness (QED) is 0.471. The van der Waals surface area contributed by atoms with Crippen molar-refractivity contribution < 1.29 is 28.2 Å². The highest BCUT2D eigenvalue weighted by molar-refractivity contribution is 6.15. The molecular weight excluding hydrogens is 424 g/mol. The standard InChI is InChI=1S/C25H20N2O6/c1-30-16-12-10-15(11-13-16)26-25(29)23-22(17-6-2-3-7-18(17)33-23)27-24(28)21-14-31-19-8-4-5-9-20(19)32-21/h2-13,21H,14H2,1H3,(H,26,29)(H,27,28)/t21-/m1/s1. The molecule has 8 heteroatoms. The zero-order chi connectivity index (χ0) is 22.8. The lowest BCUT2D eigenvalue weighted by Gasteiger charge is -2.25. The van der Waals surface area contributed by atoms with Crippen molar-refractivity contribution in [1.82, 2.24) is 0 Å². The molecule has 4 aromatic rings. The van der Waals surface area contributed by atoms with Gasteiger partial charge in [-0.2, -0.15) is 0 Å². The summed E-state index contributed by atoms with van der Waals surface area (Å²) in [4.78, 5) is 26.1. The number of rotatable bonds is 5. The van der Waals surface area contributed by atoms with E-state index in [2.05, 4.69) is 10.6 Å². The van der Waals surface area contributed by atoms with Crippen LogP contribution >= 0.6 is 0 Å². The minimum atomic E-state index is -0.883. The average Bonchev–Trinajstić information content (AvgIpc) is 3.22. The summed E-state index contributed by atoms with van der Waals surface area (Å²) in [7, 11) is 1.57. The van der Waals surface area contributed by atoms with Crippen LogP contribution in [0.2, 0.25) is 0 Å². The highest BCUT2D eigenvalue weighted by Gasteiger charge is 2.30. The summed E-state index contributed by atoms with van der Waals surface area (Å²) < 4.78 is 22.4. The number of carbonyl (C=O) groups excluding carboxylic acids is 2. The fourth-order valence-corrected chi connectivity index (χ4v) is 3.54. The van der Waals surface area contributed by atoms with E-state index < -0.39 is 17.9 Å². The molecule has 1 aliphatic heterocycles. The maximum absolute atomic E-state index is 13.0. The van der Waals surface area contributed by atoms with Crippen LogP contribution in [0.5, 0.6) is 17.2 Å². The van der Waals surface area contributed by atoms with Crippen molar-refractivity contribution in [2.45, 2.75) is 6.10 Å². The van der Waals surface area contributed by atoms with E-state index >= 15 is 0 Å². The molecule has 0 saturated carbocycles.